The van der Waals surface area contributed by atoms with Gasteiger partial charge in [-0.1, -0.05) is 64.2 Å². The average Bonchev–Trinajstić information content (AvgIpc) is 3.52. The van der Waals surface area contributed by atoms with Crippen LogP contribution < -0.4 is 21.3 Å². The van der Waals surface area contributed by atoms with E-state index in [0.717, 1.165) is 19.3 Å². The van der Waals surface area contributed by atoms with Crippen molar-refractivity contribution in [1.82, 2.24) is 26.2 Å². The molecule has 2 fully saturated rings. The number of sulfone groups is 1. The van der Waals surface area contributed by atoms with E-state index in [1.807, 2.05) is 0 Å². The van der Waals surface area contributed by atoms with Crippen LogP contribution in [-0.4, -0.2) is 98.6 Å². The lowest BCUT2D eigenvalue weighted by Gasteiger charge is -2.40. The number of rotatable bonds is 14. The highest BCUT2D eigenvalue weighted by Crippen LogP contribution is 2.32. The number of benzene rings is 1. The molecule has 1 heterocycles. The van der Waals surface area contributed by atoms with Crippen LogP contribution in [0.1, 0.15) is 72.1 Å². The highest BCUT2D eigenvalue weighted by atomic mass is 32.2. The molecule has 5 amide bonds. The second-order valence-corrected chi connectivity index (χ2v) is 16.0. The third-order valence-electron chi connectivity index (χ3n) is 9.11. The number of methoxy groups -OCH3 is 1. The van der Waals surface area contributed by atoms with E-state index in [2.05, 4.69) is 33.1 Å². The minimum absolute atomic E-state index is 0.0208. The van der Waals surface area contributed by atoms with Crippen molar-refractivity contribution in [1.29, 1.82) is 0 Å². The quantitative estimate of drug-likeness (QED) is 0.166. The van der Waals surface area contributed by atoms with Crippen LogP contribution in [0.15, 0.2) is 35.2 Å². The molecule has 272 valence electrons. The van der Waals surface area contributed by atoms with Gasteiger partial charge >= 0.3 is 6.03 Å². The predicted molar refractivity (Wildman–Crippen MR) is 187 cm³/mol. The Kier molecular flexibility index (Phi) is 14.0. The molecule has 50 heavy (non-hydrogen) atoms. The molecule has 3 rings (SSSR count). The Morgan fingerprint density at radius 2 is 1.68 bits per heavy atom. The van der Waals surface area contributed by atoms with E-state index in [1.54, 1.807) is 39.0 Å². The molecule has 0 radical (unpaired) electrons. The zero-order chi connectivity index (χ0) is 37.1. The van der Waals surface area contributed by atoms with Crippen LogP contribution in [0.3, 0.4) is 0 Å². The molecule has 4 N–H and O–H groups in total. The molecule has 0 aromatic heterocycles. The number of Topliss-reactive ketones (excluding diaryl/α,β-unsaturated/α-hetero) is 1. The van der Waals surface area contributed by atoms with Gasteiger partial charge in [0, 0.05) is 26.5 Å². The Morgan fingerprint density at radius 3 is 2.26 bits per heavy atom. The summed E-state index contributed by atoms with van der Waals surface area (Å²) in [6.07, 6.45) is 13.4. The molecular weight excluding hydrogens is 662 g/mol. The number of hydrogen-bond donors (Lipinski definition) is 4. The van der Waals surface area contributed by atoms with Crippen molar-refractivity contribution in [2.45, 2.75) is 107 Å². The Morgan fingerprint density at radius 1 is 1.02 bits per heavy atom. The molecule has 4 atom stereocenters. The molecule has 1 aliphatic carbocycles. The molecule has 0 spiro atoms. The number of likely N-dealkylation sites (tertiary alicyclic amines) is 1. The average molecular weight is 712 g/mol. The number of hydrogen-bond acceptors (Lipinski definition) is 8. The minimum atomic E-state index is -3.75. The summed E-state index contributed by atoms with van der Waals surface area (Å²) in [5.74, 6) is 1.13. The van der Waals surface area contributed by atoms with Gasteiger partial charge in [0.25, 0.3) is 5.91 Å². The molecule has 1 saturated carbocycles. The van der Waals surface area contributed by atoms with Gasteiger partial charge in [0.2, 0.25) is 17.6 Å². The van der Waals surface area contributed by atoms with Crippen molar-refractivity contribution in [2.75, 3.05) is 26.0 Å². The van der Waals surface area contributed by atoms with E-state index in [9.17, 15) is 32.4 Å². The molecule has 3 unspecified atom stereocenters. The number of terminal acetylenes is 2. The monoisotopic (exact) mass is 711 g/mol. The van der Waals surface area contributed by atoms with E-state index < -0.39 is 74.6 Å². The van der Waals surface area contributed by atoms with Gasteiger partial charge in [0.15, 0.2) is 9.84 Å². The first-order chi connectivity index (χ1) is 23.6. The summed E-state index contributed by atoms with van der Waals surface area (Å²) in [6, 6.07) is 3.86. The van der Waals surface area contributed by atoms with E-state index in [-0.39, 0.29) is 43.0 Å². The Balaban J connectivity index is 1.84. The van der Waals surface area contributed by atoms with Gasteiger partial charge in [0.05, 0.1) is 34.9 Å². The Bertz CT molecular complexity index is 1590. The third-order valence-corrected chi connectivity index (χ3v) is 11.0. The molecular formula is C36H49N5O8S. The van der Waals surface area contributed by atoms with E-state index >= 15 is 0 Å². The summed E-state index contributed by atoms with van der Waals surface area (Å²) in [5.41, 5.74) is -1.90. The lowest BCUT2D eigenvalue weighted by Crippen LogP contribution is -2.63. The fourth-order valence-corrected chi connectivity index (χ4v) is 8.26. The smallest absolute Gasteiger partial charge is 0.315 e. The summed E-state index contributed by atoms with van der Waals surface area (Å²) in [7, 11) is -2.31. The number of ether oxygens (including phenoxy) is 1. The lowest BCUT2D eigenvalue weighted by atomic mass is 9.83. The van der Waals surface area contributed by atoms with Crippen LogP contribution >= 0.6 is 0 Å². The maximum Gasteiger partial charge on any atom is 0.315 e. The van der Waals surface area contributed by atoms with Crippen LogP contribution in [0.5, 0.6) is 0 Å². The maximum absolute atomic E-state index is 14.3. The number of carbonyl (C=O) groups is 5. The molecule has 2 aliphatic rings. The van der Waals surface area contributed by atoms with Gasteiger partial charge in [-0.2, -0.15) is 0 Å². The topological polar surface area (TPSA) is 180 Å². The van der Waals surface area contributed by atoms with E-state index in [4.69, 9.17) is 17.6 Å². The van der Waals surface area contributed by atoms with Crippen LogP contribution in [0.4, 0.5) is 4.79 Å². The number of carbonyl (C=O) groups excluding carboxylic acids is 5. The Labute approximate surface area is 295 Å². The van der Waals surface area contributed by atoms with Crippen LogP contribution in [-0.2, 0) is 33.8 Å². The van der Waals surface area contributed by atoms with E-state index in [0.29, 0.717) is 12.8 Å². The van der Waals surface area contributed by atoms with Crippen molar-refractivity contribution in [3.05, 3.63) is 30.3 Å². The summed E-state index contributed by atoms with van der Waals surface area (Å²) in [6.45, 7) is 5.12. The zero-order valence-electron chi connectivity index (χ0n) is 29.3. The molecule has 1 aliphatic heterocycles. The highest BCUT2D eigenvalue weighted by Gasteiger charge is 2.47. The number of ketones is 1. The summed E-state index contributed by atoms with van der Waals surface area (Å²) < 4.78 is 32.4. The van der Waals surface area contributed by atoms with E-state index in [1.165, 1.54) is 24.1 Å². The fourth-order valence-electron chi connectivity index (χ4n) is 6.43. The standard InChI is InChI=1S/C36H49N5O8S/c1-7-9-18-27(29(42)32(44)37-21-8-2)38-31(43)28-22-25(49-6)23-41(28)33(45)30(35(3,4)5)39-34(46)40-36(19-14-11-15-20-36)24-50(47,48)26-16-12-10-13-17-26/h1-2,10,12-13,16-17,25,27-28,30H,9,11,14-15,18-24H2,3-6H3,(H,37,44)(H,38,43)(H2,39,40,46)/t25?,27?,28-,30?/m0/s1. The molecule has 1 aromatic carbocycles. The van der Waals surface area contributed by atoms with Crippen molar-refractivity contribution >= 4 is 39.4 Å². The van der Waals surface area contributed by atoms with Gasteiger partial charge in [-0.25, -0.2) is 13.2 Å². The number of nitrogens with zero attached hydrogens (tertiary/aromatic N) is 1. The van der Waals surface area contributed by atoms with Crippen molar-refractivity contribution < 1.29 is 37.1 Å². The highest BCUT2D eigenvalue weighted by molar-refractivity contribution is 7.91. The second-order valence-electron chi connectivity index (χ2n) is 14.0. The van der Waals surface area contributed by atoms with Gasteiger partial charge < -0.3 is 30.9 Å². The summed E-state index contributed by atoms with van der Waals surface area (Å²) in [4.78, 5) is 68.4. The summed E-state index contributed by atoms with van der Waals surface area (Å²) >= 11 is 0. The van der Waals surface area contributed by atoms with Crippen LogP contribution in [0.25, 0.3) is 0 Å². The van der Waals surface area contributed by atoms with Crippen LogP contribution in [0, 0.1) is 30.1 Å². The first-order valence-corrected chi connectivity index (χ1v) is 18.4. The number of nitrogens with one attached hydrogen (secondary N) is 4. The molecule has 0 bridgehead atoms. The third kappa shape index (κ3) is 10.6. The first kappa shape index (κ1) is 40.0. The normalized spacial score (nSPS) is 19.9. The first-order valence-electron chi connectivity index (χ1n) is 16.8. The van der Waals surface area contributed by atoms with Crippen molar-refractivity contribution in [3.63, 3.8) is 0 Å². The van der Waals surface area contributed by atoms with Crippen molar-refractivity contribution in [2.24, 2.45) is 5.41 Å². The molecule has 1 saturated heterocycles. The molecule has 14 heteroatoms. The van der Waals surface area contributed by atoms with Gasteiger partial charge in [-0.05, 0) is 36.8 Å². The largest absolute Gasteiger partial charge is 0.380 e. The maximum atomic E-state index is 14.3. The SMILES string of the molecule is C#CCCC(NC(=O)[C@@H]1CC(OC)CN1C(=O)C(NC(=O)NC1(CS(=O)(=O)c2ccccc2)CCCCC1)C(C)(C)C)C(=O)C(=O)NCC#C. The molecule has 1 aromatic rings. The van der Waals surface area contributed by atoms with Gasteiger partial charge in [-0.3, -0.25) is 19.2 Å². The Hall–Kier alpha value is -4.40. The molecule has 13 nitrogen and oxygen atoms in total. The summed E-state index contributed by atoms with van der Waals surface area (Å²) in [5, 5.41) is 10.6. The minimum Gasteiger partial charge on any atom is -0.380 e. The predicted octanol–water partition coefficient (Wildman–Crippen LogP) is 1.71. The zero-order valence-corrected chi connectivity index (χ0v) is 30.1. The number of urea groups is 1. The van der Waals surface area contributed by atoms with Crippen LogP contribution in [0.2, 0.25) is 0 Å². The fraction of sp³-hybridized carbons (Fsp3) is 0.583. The lowest BCUT2D eigenvalue weighted by molar-refractivity contribution is -0.143. The number of amides is 5. The van der Waals surface area contributed by atoms with Gasteiger partial charge in [-0.15, -0.1) is 18.8 Å². The van der Waals surface area contributed by atoms with Crippen molar-refractivity contribution in [3.8, 4) is 24.7 Å². The van der Waals surface area contributed by atoms with Gasteiger partial charge in [0.1, 0.15) is 12.1 Å². The second kappa shape index (κ2) is 17.5.